The molecule has 128 valence electrons. The lowest BCUT2D eigenvalue weighted by Gasteiger charge is -2.06. The van der Waals surface area contributed by atoms with E-state index in [1.165, 1.54) is 11.3 Å². The maximum absolute atomic E-state index is 12.3. The second kappa shape index (κ2) is 7.19. The smallest absolute Gasteiger partial charge is 0.271 e. The largest absolute Gasteiger partial charge is 0.347 e. The fourth-order valence-corrected chi connectivity index (χ4v) is 3.01. The molecule has 0 saturated heterocycles. The molecule has 0 fully saturated rings. The number of nitrogens with one attached hydrogen (secondary N) is 1. The first kappa shape index (κ1) is 16.0. The summed E-state index contributed by atoms with van der Waals surface area (Å²) in [6, 6.07) is 5.48. The van der Waals surface area contributed by atoms with E-state index in [0.29, 0.717) is 23.1 Å². The molecule has 26 heavy (non-hydrogen) atoms. The predicted molar refractivity (Wildman–Crippen MR) is 95.7 cm³/mol. The van der Waals surface area contributed by atoms with E-state index in [1.807, 2.05) is 18.3 Å². The first-order valence-electron chi connectivity index (χ1n) is 7.74. The Balaban J connectivity index is 1.43. The summed E-state index contributed by atoms with van der Waals surface area (Å²) in [6.07, 6.45) is 10.2. The number of aromatic nitrogens is 6. The molecule has 0 unspecified atom stereocenters. The van der Waals surface area contributed by atoms with Gasteiger partial charge in [0.1, 0.15) is 17.8 Å². The minimum absolute atomic E-state index is 0.246. The van der Waals surface area contributed by atoms with E-state index in [9.17, 15) is 4.79 Å². The van der Waals surface area contributed by atoms with E-state index in [0.717, 1.165) is 11.4 Å². The molecule has 0 spiro atoms. The summed E-state index contributed by atoms with van der Waals surface area (Å²) in [7, 11) is 0. The van der Waals surface area contributed by atoms with E-state index >= 15 is 0 Å². The van der Waals surface area contributed by atoms with Crippen LogP contribution < -0.4 is 5.32 Å². The summed E-state index contributed by atoms with van der Waals surface area (Å²) in [5.41, 5.74) is 1.28. The highest BCUT2D eigenvalue weighted by molar-refractivity contribution is 7.13. The summed E-state index contributed by atoms with van der Waals surface area (Å²) >= 11 is 1.34. The van der Waals surface area contributed by atoms with Crippen molar-refractivity contribution in [1.29, 1.82) is 0 Å². The summed E-state index contributed by atoms with van der Waals surface area (Å²) in [4.78, 5) is 33.2. The Bertz CT molecular complexity index is 1010. The number of carbonyl (C=O) groups excluding carboxylic acids is 1. The molecule has 9 heteroatoms. The summed E-state index contributed by atoms with van der Waals surface area (Å²) in [5.74, 6) is 1.01. The van der Waals surface area contributed by atoms with Crippen LogP contribution in [0.2, 0.25) is 0 Å². The van der Waals surface area contributed by atoms with Crippen molar-refractivity contribution in [3.05, 3.63) is 72.1 Å². The van der Waals surface area contributed by atoms with Crippen molar-refractivity contribution >= 4 is 17.2 Å². The highest BCUT2D eigenvalue weighted by atomic mass is 32.1. The number of rotatable bonds is 5. The molecule has 8 nitrogen and oxygen atoms in total. The van der Waals surface area contributed by atoms with E-state index in [-0.39, 0.29) is 5.91 Å². The van der Waals surface area contributed by atoms with Crippen molar-refractivity contribution < 1.29 is 4.79 Å². The molecule has 0 aromatic carbocycles. The van der Waals surface area contributed by atoms with Crippen molar-refractivity contribution in [2.45, 2.75) is 6.54 Å². The van der Waals surface area contributed by atoms with E-state index in [4.69, 9.17) is 0 Å². The zero-order valence-electron chi connectivity index (χ0n) is 13.5. The van der Waals surface area contributed by atoms with Crippen LogP contribution in [0, 0.1) is 0 Å². The molecule has 0 bridgehead atoms. The number of hydrogen-bond acceptors (Lipinski definition) is 7. The van der Waals surface area contributed by atoms with Crippen LogP contribution in [0.1, 0.15) is 16.1 Å². The predicted octanol–water partition coefficient (Wildman–Crippen LogP) is 2.11. The Morgan fingerprint density at radius 3 is 2.85 bits per heavy atom. The van der Waals surface area contributed by atoms with E-state index < -0.39 is 0 Å². The molecule has 4 aromatic rings. The van der Waals surface area contributed by atoms with Crippen LogP contribution in [-0.2, 0) is 6.54 Å². The molecule has 1 N–H and O–H groups in total. The van der Waals surface area contributed by atoms with Crippen molar-refractivity contribution in [2.75, 3.05) is 0 Å². The van der Waals surface area contributed by atoms with Gasteiger partial charge in [-0.1, -0.05) is 0 Å². The zero-order valence-corrected chi connectivity index (χ0v) is 14.3. The van der Waals surface area contributed by atoms with Crippen LogP contribution in [0.3, 0.4) is 0 Å². The topological polar surface area (TPSA) is 98.5 Å². The van der Waals surface area contributed by atoms with Gasteiger partial charge in [0.2, 0.25) is 0 Å². The van der Waals surface area contributed by atoms with Crippen LogP contribution in [-0.4, -0.2) is 35.4 Å². The van der Waals surface area contributed by atoms with Crippen LogP contribution in [0.4, 0.5) is 0 Å². The first-order valence-corrected chi connectivity index (χ1v) is 8.62. The van der Waals surface area contributed by atoms with Gasteiger partial charge in [-0.3, -0.25) is 9.36 Å². The number of amides is 1. The number of pyridine rings is 1. The number of imidazole rings is 1. The number of carbonyl (C=O) groups is 1. The lowest BCUT2D eigenvalue weighted by Crippen LogP contribution is -2.23. The van der Waals surface area contributed by atoms with Gasteiger partial charge in [0.25, 0.3) is 5.91 Å². The molecule has 0 saturated carbocycles. The minimum atomic E-state index is -0.246. The number of nitrogens with zero attached hydrogens (tertiary/aromatic N) is 6. The Morgan fingerprint density at radius 2 is 2.04 bits per heavy atom. The SMILES string of the molecule is O=C(NCc1ccnc(-n2ccnc2)c1)c1csc(-c2ncccn2)n1. The van der Waals surface area contributed by atoms with Crippen LogP contribution in [0.5, 0.6) is 0 Å². The maximum atomic E-state index is 12.3. The molecule has 0 aliphatic rings. The van der Waals surface area contributed by atoms with Crippen molar-refractivity contribution in [2.24, 2.45) is 0 Å². The molecular formula is C17H13N7OS. The standard InChI is InChI=1S/C17H13N7OS/c25-16(13-10-26-17(23-13)15-20-3-1-4-21-15)22-9-12-2-5-19-14(8-12)24-7-6-18-11-24/h1-8,10-11H,9H2,(H,22,25). The zero-order chi connectivity index (χ0) is 17.8. The Hall–Kier alpha value is -3.46. The van der Waals surface area contributed by atoms with Crippen molar-refractivity contribution in [3.8, 4) is 16.6 Å². The lowest BCUT2D eigenvalue weighted by molar-refractivity contribution is 0.0946. The van der Waals surface area contributed by atoms with Gasteiger partial charge in [-0.2, -0.15) is 0 Å². The molecule has 1 amide bonds. The Kier molecular flexibility index (Phi) is 4.44. The third-order valence-corrected chi connectivity index (χ3v) is 4.36. The highest BCUT2D eigenvalue weighted by Crippen LogP contribution is 2.19. The fraction of sp³-hybridized carbons (Fsp3) is 0.0588. The first-order chi connectivity index (χ1) is 12.8. The summed E-state index contributed by atoms with van der Waals surface area (Å²) in [6.45, 7) is 0.373. The second-order valence-electron chi connectivity index (χ2n) is 5.29. The van der Waals surface area contributed by atoms with E-state index in [2.05, 4.69) is 30.2 Å². The van der Waals surface area contributed by atoms with Crippen LogP contribution >= 0.6 is 11.3 Å². The second-order valence-corrected chi connectivity index (χ2v) is 6.14. The van der Waals surface area contributed by atoms with Gasteiger partial charge in [0, 0.05) is 42.9 Å². The van der Waals surface area contributed by atoms with Crippen LogP contribution in [0.15, 0.2) is 60.9 Å². The molecule has 4 aromatic heterocycles. The lowest BCUT2D eigenvalue weighted by atomic mass is 10.2. The Labute approximate surface area is 152 Å². The quantitative estimate of drug-likeness (QED) is 0.583. The molecule has 4 heterocycles. The van der Waals surface area contributed by atoms with Gasteiger partial charge in [-0.15, -0.1) is 11.3 Å². The van der Waals surface area contributed by atoms with Crippen molar-refractivity contribution in [1.82, 2.24) is 34.8 Å². The highest BCUT2D eigenvalue weighted by Gasteiger charge is 2.13. The molecule has 4 rings (SSSR count). The van der Waals surface area contributed by atoms with Crippen LogP contribution in [0.25, 0.3) is 16.6 Å². The number of thiazole rings is 1. The van der Waals surface area contributed by atoms with Gasteiger partial charge >= 0.3 is 0 Å². The number of hydrogen-bond donors (Lipinski definition) is 1. The molecule has 0 aliphatic heterocycles. The fourth-order valence-electron chi connectivity index (χ4n) is 2.27. The summed E-state index contributed by atoms with van der Waals surface area (Å²) < 4.78 is 1.80. The average molecular weight is 363 g/mol. The molecule has 0 radical (unpaired) electrons. The average Bonchev–Trinajstić information content (AvgIpc) is 3.39. The van der Waals surface area contributed by atoms with E-state index in [1.54, 1.807) is 47.1 Å². The third-order valence-electron chi connectivity index (χ3n) is 3.53. The van der Waals surface area contributed by atoms with Gasteiger partial charge < -0.3 is 5.32 Å². The minimum Gasteiger partial charge on any atom is -0.347 e. The van der Waals surface area contributed by atoms with Gasteiger partial charge in [-0.05, 0) is 23.8 Å². The van der Waals surface area contributed by atoms with Gasteiger partial charge in [0.05, 0.1) is 0 Å². The maximum Gasteiger partial charge on any atom is 0.271 e. The van der Waals surface area contributed by atoms with Crippen molar-refractivity contribution in [3.63, 3.8) is 0 Å². The van der Waals surface area contributed by atoms with Gasteiger partial charge in [-0.25, -0.2) is 24.9 Å². The Morgan fingerprint density at radius 1 is 1.15 bits per heavy atom. The third kappa shape index (κ3) is 3.47. The van der Waals surface area contributed by atoms with Gasteiger partial charge in [0.15, 0.2) is 10.8 Å². The normalized spacial score (nSPS) is 10.6. The molecular weight excluding hydrogens is 350 g/mol. The molecule has 0 aliphatic carbocycles. The monoisotopic (exact) mass is 363 g/mol. The summed E-state index contributed by atoms with van der Waals surface area (Å²) in [5, 5.41) is 5.18. The molecule has 0 atom stereocenters.